The second kappa shape index (κ2) is 7.67. The largest absolute Gasteiger partial charge is 0.465 e. The third-order valence-electron chi connectivity index (χ3n) is 3.82. The molecule has 0 aliphatic rings. The summed E-state index contributed by atoms with van der Waals surface area (Å²) in [4.78, 5) is 13.6. The molecular weight excluding hydrogens is 340 g/mol. The summed E-state index contributed by atoms with van der Waals surface area (Å²) < 4.78 is 31.4. The predicted octanol–water partition coefficient (Wildman–Crippen LogP) is 2.36. The lowest BCUT2D eigenvalue weighted by Crippen LogP contribution is -2.26. The van der Waals surface area contributed by atoms with Crippen LogP contribution in [0.5, 0.6) is 0 Å². The first-order chi connectivity index (χ1) is 11.8. The Bertz CT molecular complexity index is 846. The van der Waals surface area contributed by atoms with Gasteiger partial charge in [-0.3, -0.25) is 0 Å². The first-order valence-electron chi connectivity index (χ1n) is 7.66. The van der Waals surface area contributed by atoms with Gasteiger partial charge in [-0.05, 0) is 35.9 Å². The fourth-order valence-electron chi connectivity index (χ4n) is 2.32. The highest BCUT2D eigenvalue weighted by atomic mass is 32.2. The molecule has 2 rings (SSSR count). The minimum atomic E-state index is -3.71. The lowest BCUT2D eigenvalue weighted by molar-refractivity contribution is 0.0600. The van der Waals surface area contributed by atoms with Crippen LogP contribution in [0.15, 0.2) is 53.4 Å². The average Bonchev–Trinajstić information content (AvgIpc) is 2.61. The van der Waals surface area contributed by atoms with Crippen LogP contribution < -0.4 is 4.90 Å². The third kappa shape index (κ3) is 4.37. The minimum Gasteiger partial charge on any atom is -0.465 e. The van der Waals surface area contributed by atoms with E-state index in [4.69, 9.17) is 0 Å². The highest BCUT2D eigenvalue weighted by Gasteiger charge is 2.22. The first kappa shape index (κ1) is 19.0. The van der Waals surface area contributed by atoms with E-state index in [0.717, 1.165) is 11.3 Å². The molecule has 25 heavy (non-hydrogen) atoms. The summed E-state index contributed by atoms with van der Waals surface area (Å²) >= 11 is 0. The maximum Gasteiger partial charge on any atom is 0.337 e. The smallest absolute Gasteiger partial charge is 0.337 e. The number of ether oxygens (including phenoxy) is 1. The molecule has 2 aromatic carbocycles. The monoisotopic (exact) mass is 362 g/mol. The number of anilines is 1. The standard InChI is InChI=1S/C18H22N2O4S/c1-19(2)16-10-8-14(9-11-16)13-20(3)25(22,23)17-7-5-6-15(12-17)18(21)24-4/h5-12H,13H2,1-4H3. The van der Waals surface area contributed by atoms with Crippen molar-refractivity contribution in [3.63, 3.8) is 0 Å². The summed E-state index contributed by atoms with van der Waals surface area (Å²) in [7, 11) is 2.95. The van der Waals surface area contributed by atoms with Crippen molar-refractivity contribution in [1.29, 1.82) is 0 Å². The lowest BCUT2D eigenvalue weighted by Gasteiger charge is -2.18. The SMILES string of the molecule is COC(=O)c1cccc(S(=O)(=O)N(C)Cc2ccc(N(C)C)cc2)c1. The van der Waals surface area contributed by atoms with Gasteiger partial charge in [0.15, 0.2) is 0 Å². The Morgan fingerprint density at radius 2 is 1.68 bits per heavy atom. The molecule has 0 amide bonds. The number of hydrogen-bond acceptors (Lipinski definition) is 5. The number of esters is 1. The maximum atomic E-state index is 12.7. The Kier molecular flexibility index (Phi) is 5.81. The Morgan fingerprint density at radius 1 is 1.04 bits per heavy atom. The van der Waals surface area contributed by atoms with E-state index < -0.39 is 16.0 Å². The lowest BCUT2D eigenvalue weighted by atomic mass is 10.2. The number of nitrogens with zero attached hydrogens (tertiary/aromatic N) is 2. The zero-order valence-electron chi connectivity index (χ0n) is 14.8. The molecule has 2 aromatic rings. The Labute approximate surface area is 148 Å². The van der Waals surface area contributed by atoms with Gasteiger partial charge in [0.25, 0.3) is 0 Å². The topological polar surface area (TPSA) is 66.9 Å². The molecule has 0 radical (unpaired) electrons. The van der Waals surface area contributed by atoms with Gasteiger partial charge in [0.1, 0.15) is 0 Å². The van der Waals surface area contributed by atoms with Gasteiger partial charge in [0.05, 0.1) is 17.6 Å². The average molecular weight is 362 g/mol. The van der Waals surface area contributed by atoms with Crippen LogP contribution in [0.4, 0.5) is 5.69 Å². The van der Waals surface area contributed by atoms with Crippen LogP contribution in [0.1, 0.15) is 15.9 Å². The highest BCUT2D eigenvalue weighted by Crippen LogP contribution is 2.20. The summed E-state index contributed by atoms with van der Waals surface area (Å²) in [6, 6.07) is 13.5. The molecule has 0 N–H and O–H groups in total. The van der Waals surface area contributed by atoms with Gasteiger partial charge in [-0.2, -0.15) is 4.31 Å². The van der Waals surface area contributed by atoms with Gasteiger partial charge in [0, 0.05) is 33.4 Å². The normalized spacial score (nSPS) is 11.4. The Morgan fingerprint density at radius 3 is 2.24 bits per heavy atom. The Balaban J connectivity index is 2.22. The number of benzene rings is 2. The van der Waals surface area contributed by atoms with Crippen LogP contribution in [-0.2, 0) is 21.3 Å². The molecule has 0 fully saturated rings. The molecule has 134 valence electrons. The second-order valence-corrected chi connectivity index (χ2v) is 7.89. The van der Waals surface area contributed by atoms with Crippen LogP contribution in [0.3, 0.4) is 0 Å². The van der Waals surface area contributed by atoms with Gasteiger partial charge >= 0.3 is 5.97 Å². The van der Waals surface area contributed by atoms with Crippen molar-refractivity contribution in [2.45, 2.75) is 11.4 Å². The van der Waals surface area contributed by atoms with E-state index in [1.165, 1.54) is 42.7 Å². The molecule has 0 atom stereocenters. The molecule has 7 heteroatoms. The quantitative estimate of drug-likeness (QED) is 0.738. The van der Waals surface area contributed by atoms with Crippen molar-refractivity contribution < 1.29 is 17.9 Å². The maximum absolute atomic E-state index is 12.7. The molecule has 0 unspecified atom stereocenters. The number of sulfonamides is 1. The molecule has 0 bridgehead atoms. The zero-order valence-corrected chi connectivity index (χ0v) is 15.6. The fourth-order valence-corrected chi connectivity index (χ4v) is 3.53. The van der Waals surface area contributed by atoms with Gasteiger partial charge < -0.3 is 9.64 Å². The molecular formula is C18H22N2O4S. The molecule has 0 saturated carbocycles. The van der Waals surface area contributed by atoms with Crippen molar-refractivity contribution in [3.8, 4) is 0 Å². The molecule has 0 aliphatic heterocycles. The van der Waals surface area contributed by atoms with Crippen LogP contribution in [0.25, 0.3) is 0 Å². The van der Waals surface area contributed by atoms with Gasteiger partial charge in [-0.1, -0.05) is 18.2 Å². The Hall–Kier alpha value is -2.38. The van der Waals surface area contributed by atoms with Crippen molar-refractivity contribution in [2.75, 3.05) is 33.2 Å². The van der Waals surface area contributed by atoms with Gasteiger partial charge in [0.2, 0.25) is 10.0 Å². The first-order valence-corrected chi connectivity index (χ1v) is 9.10. The van der Waals surface area contributed by atoms with E-state index in [1.54, 1.807) is 0 Å². The number of hydrogen-bond donors (Lipinski definition) is 0. The van der Waals surface area contributed by atoms with Crippen LogP contribution >= 0.6 is 0 Å². The van der Waals surface area contributed by atoms with E-state index in [2.05, 4.69) is 4.74 Å². The number of carbonyl (C=O) groups excluding carboxylic acids is 1. The van der Waals surface area contributed by atoms with E-state index in [0.29, 0.717) is 0 Å². The predicted molar refractivity (Wildman–Crippen MR) is 97.2 cm³/mol. The van der Waals surface area contributed by atoms with Gasteiger partial charge in [-0.15, -0.1) is 0 Å². The molecule has 0 aromatic heterocycles. The van der Waals surface area contributed by atoms with Crippen molar-refractivity contribution in [1.82, 2.24) is 4.31 Å². The fraction of sp³-hybridized carbons (Fsp3) is 0.278. The molecule has 0 saturated heterocycles. The number of carbonyl (C=O) groups is 1. The molecule has 0 aliphatic carbocycles. The van der Waals surface area contributed by atoms with Crippen molar-refractivity contribution in [2.24, 2.45) is 0 Å². The summed E-state index contributed by atoms with van der Waals surface area (Å²) in [5.74, 6) is -0.570. The van der Waals surface area contributed by atoms with E-state index >= 15 is 0 Å². The molecule has 0 heterocycles. The van der Waals surface area contributed by atoms with Crippen LogP contribution in [-0.4, -0.2) is 46.9 Å². The summed E-state index contributed by atoms with van der Waals surface area (Å²) in [5, 5.41) is 0. The summed E-state index contributed by atoms with van der Waals surface area (Å²) in [5.41, 5.74) is 2.12. The summed E-state index contributed by atoms with van der Waals surface area (Å²) in [6.45, 7) is 0.235. The van der Waals surface area contributed by atoms with Crippen molar-refractivity contribution in [3.05, 3.63) is 59.7 Å². The number of rotatable bonds is 6. The summed E-state index contributed by atoms with van der Waals surface area (Å²) in [6.07, 6.45) is 0. The minimum absolute atomic E-state index is 0.0582. The number of methoxy groups -OCH3 is 1. The van der Waals surface area contributed by atoms with Gasteiger partial charge in [-0.25, -0.2) is 13.2 Å². The third-order valence-corrected chi connectivity index (χ3v) is 5.62. The second-order valence-electron chi connectivity index (χ2n) is 5.84. The van der Waals surface area contributed by atoms with Crippen molar-refractivity contribution >= 4 is 21.7 Å². The molecule has 0 spiro atoms. The van der Waals surface area contributed by atoms with E-state index in [9.17, 15) is 13.2 Å². The van der Waals surface area contributed by atoms with Crippen LogP contribution in [0.2, 0.25) is 0 Å². The van der Waals surface area contributed by atoms with E-state index in [1.807, 2.05) is 43.3 Å². The van der Waals surface area contributed by atoms with Crippen LogP contribution in [0, 0.1) is 0 Å². The zero-order chi connectivity index (χ0) is 18.6. The highest BCUT2D eigenvalue weighted by molar-refractivity contribution is 7.89. The molecule has 6 nitrogen and oxygen atoms in total. The van der Waals surface area contributed by atoms with E-state index in [-0.39, 0.29) is 17.0 Å².